The molecular weight excluding hydrogens is 305 g/mol. The maximum absolute atomic E-state index is 6.20. The Bertz CT molecular complexity index is 571. The number of hydrogen-bond acceptors (Lipinski definition) is 2. The maximum atomic E-state index is 6.20. The predicted octanol–water partition coefficient (Wildman–Crippen LogP) is 4.99. The van der Waals surface area contributed by atoms with E-state index in [0.29, 0.717) is 16.7 Å². The van der Waals surface area contributed by atoms with Gasteiger partial charge in [-0.2, -0.15) is 0 Å². The molecule has 2 rings (SSSR count). The molecule has 0 aliphatic rings. The van der Waals surface area contributed by atoms with Crippen molar-refractivity contribution in [1.29, 1.82) is 0 Å². The molecule has 0 heterocycles. The molecule has 2 aromatic rings. The Balaban J connectivity index is 2.14. The average Bonchev–Trinajstić information content (AvgIpc) is 2.50. The van der Waals surface area contributed by atoms with E-state index in [2.05, 4.69) is 0 Å². The van der Waals surface area contributed by atoms with Crippen LogP contribution in [-0.4, -0.2) is 6.04 Å². The lowest BCUT2D eigenvalue weighted by molar-refractivity contribution is 0.0213. The molecule has 0 saturated carbocycles. The first-order valence-corrected chi connectivity index (χ1v) is 7.73. The average molecular weight is 324 g/mol. The van der Waals surface area contributed by atoms with E-state index in [1.807, 2.05) is 55.5 Å². The molecule has 0 saturated heterocycles. The van der Waals surface area contributed by atoms with Crippen LogP contribution in [0.25, 0.3) is 0 Å². The second kappa shape index (κ2) is 7.81. The number of hydrogen-bond donors (Lipinski definition) is 1. The fourth-order valence-electron chi connectivity index (χ4n) is 2.13. The van der Waals surface area contributed by atoms with Gasteiger partial charge in [-0.15, -0.1) is 0 Å². The summed E-state index contributed by atoms with van der Waals surface area (Å²) in [5, 5.41) is 1.41. The van der Waals surface area contributed by atoms with Gasteiger partial charge in [0.2, 0.25) is 0 Å². The Morgan fingerprint density at radius 3 is 2.33 bits per heavy atom. The summed E-state index contributed by atoms with van der Waals surface area (Å²) in [4.78, 5) is 0. The molecule has 4 heteroatoms. The fraction of sp³-hybridized carbons (Fsp3) is 0.294. The highest BCUT2D eigenvalue weighted by atomic mass is 35.5. The van der Waals surface area contributed by atoms with Crippen LogP contribution in [0.15, 0.2) is 48.5 Å². The van der Waals surface area contributed by atoms with Gasteiger partial charge in [0.25, 0.3) is 0 Å². The second-order valence-corrected chi connectivity index (χ2v) is 5.79. The van der Waals surface area contributed by atoms with E-state index >= 15 is 0 Å². The van der Waals surface area contributed by atoms with Crippen LogP contribution in [0, 0.1) is 0 Å². The molecule has 0 bridgehead atoms. The molecule has 2 atom stereocenters. The van der Waals surface area contributed by atoms with E-state index in [1.54, 1.807) is 0 Å². The van der Waals surface area contributed by atoms with Gasteiger partial charge in [0.05, 0.1) is 12.7 Å². The number of ether oxygens (including phenoxy) is 1. The first-order valence-electron chi connectivity index (χ1n) is 6.98. The van der Waals surface area contributed by atoms with Crippen LogP contribution < -0.4 is 5.73 Å². The molecule has 0 aromatic heterocycles. The highest BCUT2D eigenvalue weighted by Crippen LogP contribution is 2.26. The van der Waals surface area contributed by atoms with Crippen molar-refractivity contribution >= 4 is 23.2 Å². The number of halogens is 2. The molecule has 0 fully saturated rings. The minimum absolute atomic E-state index is 0.0753. The molecule has 112 valence electrons. The van der Waals surface area contributed by atoms with E-state index in [0.717, 1.165) is 17.5 Å². The van der Waals surface area contributed by atoms with Crippen LogP contribution >= 0.6 is 23.2 Å². The quantitative estimate of drug-likeness (QED) is 0.812. The zero-order valence-corrected chi connectivity index (χ0v) is 13.4. The molecule has 2 nitrogen and oxygen atoms in total. The lowest BCUT2D eigenvalue weighted by Crippen LogP contribution is -2.29. The third kappa shape index (κ3) is 4.45. The zero-order chi connectivity index (χ0) is 15.2. The van der Waals surface area contributed by atoms with Crippen LogP contribution in [0.3, 0.4) is 0 Å². The molecule has 2 N–H and O–H groups in total. The lowest BCUT2D eigenvalue weighted by atomic mass is 10.0. The minimum atomic E-state index is -0.177. The summed E-state index contributed by atoms with van der Waals surface area (Å²) in [5.74, 6) is 0. The minimum Gasteiger partial charge on any atom is -0.367 e. The number of nitrogens with two attached hydrogens (primary N) is 1. The van der Waals surface area contributed by atoms with Crippen molar-refractivity contribution in [2.24, 2.45) is 5.73 Å². The smallest absolute Gasteiger partial charge is 0.0980 e. The maximum Gasteiger partial charge on any atom is 0.0980 e. The number of benzene rings is 2. The Kier molecular flexibility index (Phi) is 6.07. The standard InChI is InChI=1S/C17H19Cl2NO/c1-2-16(20)17(12-7-9-14(18)10-8-12)21-11-13-5-3-4-6-15(13)19/h3-10,16-17H,2,11,20H2,1H3. The van der Waals surface area contributed by atoms with Crippen LogP contribution in [0.1, 0.15) is 30.6 Å². The molecule has 0 radical (unpaired) electrons. The van der Waals surface area contributed by atoms with E-state index in [9.17, 15) is 0 Å². The van der Waals surface area contributed by atoms with Crippen molar-refractivity contribution in [2.45, 2.75) is 32.1 Å². The molecule has 21 heavy (non-hydrogen) atoms. The van der Waals surface area contributed by atoms with Gasteiger partial charge >= 0.3 is 0 Å². The summed E-state index contributed by atoms with van der Waals surface area (Å²) in [6.07, 6.45) is 0.652. The van der Waals surface area contributed by atoms with E-state index in [1.165, 1.54) is 0 Å². The van der Waals surface area contributed by atoms with E-state index < -0.39 is 0 Å². The summed E-state index contributed by atoms with van der Waals surface area (Å²) >= 11 is 12.1. The highest BCUT2D eigenvalue weighted by Gasteiger charge is 2.19. The predicted molar refractivity (Wildman–Crippen MR) is 88.7 cm³/mol. The van der Waals surface area contributed by atoms with Gasteiger partial charge in [-0.25, -0.2) is 0 Å². The van der Waals surface area contributed by atoms with Crippen LogP contribution in [0.5, 0.6) is 0 Å². The molecule has 2 aromatic carbocycles. The summed E-state index contributed by atoms with van der Waals surface area (Å²) in [6, 6.07) is 15.2. The van der Waals surface area contributed by atoms with Gasteiger partial charge in [0.15, 0.2) is 0 Å². The SMILES string of the molecule is CCC(N)C(OCc1ccccc1Cl)c1ccc(Cl)cc1. The molecule has 0 aliphatic carbocycles. The Hall–Kier alpha value is -1.06. The summed E-state index contributed by atoms with van der Waals surface area (Å²) in [7, 11) is 0. The number of rotatable bonds is 6. The molecule has 0 amide bonds. The largest absolute Gasteiger partial charge is 0.367 e. The highest BCUT2D eigenvalue weighted by molar-refractivity contribution is 6.31. The topological polar surface area (TPSA) is 35.2 Å². The van der Waals surface area contributed by atoms with Crippen molar-refractivity contribution in [3.8, 4) is 0 Å². The van der Waals surface area contributed by atoms with Crippen molar-refractivity contribution < 1.29 is 4.74 Å². The van der Waals surface area contributed by atoms with Crippen LogP contribution in [-0.2, 0) is 11.3 Å². The Morgan fingerprint density at radius 2 is 1.71 bits per heavy atom. The third-order valence-corrected chi connectivity index (χ3v) is 4.06. The summed E-state index contributed by atoms with van der Waals surface area (Å²) in [5.41, 5.74) is 8.19. The molecular formula is C17H19Cl2NO. The van der Waals surface area contributed by atoms with Crippen molar-refractivity contribution in [2.75, 3.05) is 0 Å². The fourth-order valence-corrected chi connectivity index (χ4v) is 2.44. The van der Waals surface area contributed by atoms with Crippen molar-refractivity contribution in [1.82, 2.24) is 0 Å². The molecule has 2 unspecified atom stereocenters. The zero-order valence-electron chi connectivity index (χ0n) is 11.9. The van der Waals surface area contributed by atoms with Crippen molar-refractivity contribution in [3.63, 3.8) is 0 Å². The Labute approximate surface area is 135 Å². The van der Waals surface area contributed by atoms with Crippen LogP contribution in [0.2, 0.25) is 10.0 Å². The normalized spacial score (nSPS) is 13.9. The Morgan fingerprint density at radius 1 is 1.05 bits per heavy atom. The van der Waals surface area contributed by atoms with Gasteiger partial charge in [-0.05, 0) is 35.7 Å². The lowest BCUT2D eigenvalue weighted by Gasteiger charge is -2.24. The first-order chi connectivity index (χ1) is 10.1. The summed E-state index contributed by atoms with van der Waals surface area (Å²) in [6.45, 7) is 2.48. The van der Waals surface area contributed by atoms with Crippen molar-refractivity contribution in [3.05, 3.63) is 69.7 Å². The monoisotopic (exact) mass is 323 g/mol. The first kappa shape index (κ1) is 16.3. The second-order valence-electron chi connectivity index (χ2n) is 4.95. The molecule has 0 spiro atoms. The third-order valence-electron chi connectivity index (χ3n) is 3.44. The van der Waals surface area contributed by atoms with Gasteiger partial charge < -0.3 is 10.5 Å². The van der Waals surface area contributed by atoms with E-state index in [-0.39, 0.29) is 12.1 Å². The van der Waals surface area contributed by atoms with Gasteiger partial charge in [0.1, 0.15) is 0 Å². The summed E-state index contributed by atoms with van der Waals surface area (Å²) < 4.78 is 6.04. The van der Waals surface area contributed by atoms with Gasteiger partial charge in [-0.1, -0.05) is 60.5 Å². The van der Waals surface area contributed by atoms with Crippen LogP contribution in [0.4, 0.5) is 0 Å². The van der Waals surface area contributed by atoms with Gasteiger partial charge in [-0.3, -0.25) is 0 Å². The van der Waals surface area contributed by atoms with E-state index in [4.69, 9.17) is 33.7 Å². The molecule has 0 aliphatic heterocycles. The van der Waals surface area contributed by atoms with Gasteiger partial charge in [0, 0.05) is 16.1 Å².